The first-order valence-electron chi connectivity index (χ1n) is 7.54. The summed E-state index contributed by atoms with van der Waals surface area (Å²) in [5.74, 6) is -3.17. The van der Waals surface area contributed by atoms with Crippen molar-refractivity contribution in [3.8, 4) is 6.07 Å². The van der Waals surface area contributed by atoms with E-state index in [4.69, 9.17) is 17.5 Å². The van der Waals surface area contributed by atoms with Gasteiger partial charge in [-0.05, 0) is 44.3 Å². The summed E-state index contributed by atoms with van der Waals surface area (Å²) in [6.45, 7) is 4.22. The van der Waals surface area contributed by atoms with Crippen LogP contribution in [0.2, 0.25) is 0 Å². The van der Waals surface area contributed by atoms with Gasteiger partial charge in [-0.1, -0.05) is 6.92 Å². The van der Waals surface area contributed by atoms with Crippen LogP contribution in [0.4, 0.5) is 18.9 Å². The van der Waals surface area contributed by atoms with E-state index in [0.29, 0.717) is 6.07 Å². The van der Waals surface area contributed by atoms with Crippen molar-refractivity contribution in [2.24, 2.45) is 0 Å². The number of halogens is 3. The van der Waals surface area contributed by atoms with Gasteiger partial charge in [-0.15, -0.1) is 0 Å². The topological polar surface area (TPSA) is 87.8 Å². The van der Waals surface area contributed by atoms with E-state index < -0.39 is 34.7 Å². The van der Waals surface area contributed by atoms with Crippen LogP contribution >= 0.6 is 12.2 Å². The molecule has 1 amide bonds. The van der Waals surface area contributed by atoms with Crippen LogP contribution in [0.5, 0.6) is 0 Å². The minimum Gasteiger partial charge on any atom is -0.349 e. The molecule has 1 aromatic carbocycles. The molecule has 2 rings (SSSR count). The van der Waals surface area contributed by atoms with Gasteiger partial charge in [0.15, 0.2) is 5.11 Å². The number of aliphatic hydroxyl groups is 2. The molecule has 0 unspecified atom stereocenters. The lowest BCUT2D eigenvalue weighted by atomic mass is 10.0. The van der Waals surface area contributed by atoms with Gasteiger partial charge in [0, 0.05) is 6.42 Å². The normalized spacial score (nSPS) is 17.7. The summed E-state index contributed by atoms with van der Waals surface area (Å²) in [5.41, 5.74) is -3.52. The Morgan fingerprint density at radius 2 is 1.88 bits per heavy atom. The highest BCUT2D eigenvalue weighted by Crippen LogP contribution is 2.39. The van der Waals surface area contributed by atoms with E-state index in [1.165, 1.54) is 26.8 Å². The van der Waals surface area contributed by atoms with E-state index >= 15 is 0 Å². The summed E-state index contributed by atoms with van der Waals surface area (Å²) >= 11 is 5.15. The Labute approximate surface area is 153 Å². The Morgan fingerprint density at radius 1 is 1.31 bits per heavy atom. The fourth-order valence-electron chi connectivity index (χ4n) is 2.79. The molecule has 1 aromatic rings. The average Bonchev–Trinajstić information content (AvgIpc) is 2.71. The predicted molar refractivity (Wildman–Crippen MR) is 89.6 cm³/mol. The average molecular weight is 387 g/mol. The van der Waals surface area contributed by atoms with Gasteiger partial charge in [-0.3, -0.25) is 14.6 Å². The molecule has 0 spiro atoms. The molecule has 6 nitrogen and oxygen atoms in total. The van der Waals surface area contributed by atoms with Crippen molar-refractivity contribution in [3.05, 3.63) is 29.3 Å². The molecular formula is C16H16F3N3O3S. The first-order valence-corrected chi connectivity index (χ1v) is 7.94. The van der Waals surface area contributed by atoms with E-state index in [1.54, 1.807) is 0 Å². The van der Waals surface area contributed by atoms with Crippen molar-refractivity contribution in [3.63, 3.8) is 0 Å². The standard InChI is InChI=1S/C16H16F3N3O3S/c1-4-15(24,25)22-13(26)21(12(23)14(22,2)3)10-6-5-9(8-20)11(7-10)16(17,18)19/h5-7,24-25H,4H2,1-3H3. The number of hydrogen-bond acceptors (Lipinski definition) is 5. The van der Waals surface area contributed by atoms with E-state index in [1.807, 2.05) is 0 Å². The number of nitriles is 1. The molecule has 1 heterocycles. The van der Waals surface area contributed by atoms with Crippen molar-refractivity contribution in [2.45, 2.75) is 44.8 Å². The zero-order valence-corrected chi connectivity index (χ0v) is 14.9. The SMILES string of the molecule is CCC(O)(O)N1C(=S)N(c2ccc(C#N)c(C(F)(F)F)c2)C(=O)C1(C)C. The lowest BCUT2D eigenvalue weighted by molar-refractivity contribution is -0.255. The fraction of sp³-hybridized carbons (Fsp3) is 0.438. The van der Waals surface area contributed by atoms with Gasteiger partial charge < -0.3 is 10.2 Å². The Balaban J connectivity index is 2.62. The monoisotopic (exact) mass is 387 g/mol. The smallest absolute Gasteiger partial charge is 0.349 e. The summed E-state index contributed by atoms with van der Waals surface area (Å²) in [6, 6.07) is 4.19. The van der Waals surface area contributed by atoms with Gasteiger partial charge in [0.2, 0.25) is 5.91 Å². The number of benzene rings is 1. The van der Waals surface area contributed by atoms with Crippen molar-refractivity contribution >= 4 is 28.9 Å². The molecule has 0 atom stereocenters. The Bertz CT molecular complexity index is 815. The number of amides is 1. The number of rotatable bonds is 3. The van der Waals surface area contributed by atoms with Crippen LogP contribution in [-0.2, 0) is 11.0 Å². The van der Waals surface area contributed by atoms with Crippen LogP contribution in [0, 0.1) is 11.3 Å². The van der Waals surface area contributed by atoms with Gasteiger partial charge in [-0.2, -0.15) is 18.4 Å². The van der Waals surface area contributed by atoms with Crippen molar-refractivity contribution in [2.75, 3.05) is 4.90 Å². The minimum absolute atomic E-state index is 0.196. The molecule has 1 saturated heterocycles. The summed E-state index contributed by atoms with van der Waals surface area (Å²) < 4.78 is 39.6. The van der Waals surface area contributed by atoms with E-state index in [9.17, 15) is 28.2 Å². The van der Waals surface area contributed by atoms with Crippen LogP contribution in [0.3, 0.4) is 0 Å². The number of hydrogen-bond donors (Lipinski definition) is 2. The lowest BCUT2D eigenvalue weighted by Crippen LogP contribution is -2.58. The number of thiocarbonyl (C=S) groups is 1. The molecule has 0 saturated carbocycles. The van der Waals surface area contributed by atoms with Crippen LogP contribution in [-0.4, -0.2) is 37.6 Å². The third kappa shape index (κ3) is 3.02. The second-order valence-electron chi connectivity index (χ2n) is 6.28. The van der Waals surface area contributed by atoms with Gasteiger partial charge >= 0.3 is 6.18 Å². The zero-order valence-electron chi connectivity index (χ0n) is 14.1. The second kappa shape index (κ2) is 6.19. The largest absolute Gasteiger partial charge is 0.417 e. The highest BCUT2D eigenvalue weighted by Gasteiger charge is 2.56. The zero-order chi connectivity index (χ0) is 20.1. The Morgan fingerprint density at radius 3 is 2.35 bits per heavy atom. The van der Waals surface area contributed by atoms with Crippen molar-refractivity contribution in [1.82, 2.24) is 4.90 Å². The molecule has 0 aliphatic carbocycles. The molecular weight excluding hydrogens is 371 g/mol. The van der Waals surface area contributed by atoms with E-state index in [-0.39, 0.29) is 17.2 Å². The number of alkyl halides is 3. The van der Waals surface area contributed by atoms with E-state index in [0.717, 1.165) is 21.9 Å². The molecule has 2 N–H and O–H groups in total. The highest BCUT2D eigenvalue weighted by molar-refractivity contribution is 7.80. The predicted octanol–water partition coefficient (Wildman–Crippen LogP) is 2.34. The van der Waals surface area contributed by atoms with Gasteiger partial charge in [0.25, 0.3) is 5.91 Å². The van der Waals surface area contributed by atoms with E-state index in [2.05, 4.69) is 0 Å². The molecule has 10 heteroatoms. The van der Waals surface area contributed by atoms with Crippen LogP contribution in [0.15, 0.2) is 18.2 Å². The highest BCUT2D eigenvalue weighted by atomic mass is 32.1. The summed E-state index contributed by atoms with van der Waals surface area (Å²) in [6.07, 6.45) is -5.00. The summed E-state index contributed by atoms with van der Waals surface area (Å²) in [5, 5.41) is 28.9. The molecule has 0 radical (unpaired) electrons. The minimum atomic E-state index is -4.80. The first-order chi connectivity index (χ1) is 11.8. The number of carbonyl (C=O) groups excluding carboxylic acids is 1. The summed E-state index contributed by atoms with van der Waals surface area (Å²) in [7, 11) is 0. The Kier molecular flexibility index (Phi) is 4.78. The van der Waals surface area contributed by atoms with Crippen molar-refractivity contribution in [1.29, 1.82) is 5.26 Å². The Hall–Kier alpha value is -2.22. The third-order valence-electron chi connectivity index (χ3n) is 4.19. The number of carbonyl (C=O) groups is 1. The molecule has 1 fully saturated rings. The first kappa shape index (κ1) is 20.1. The van der Waals surface area contributed by atoms with Crippen LogP contribution < -0.4 is 4.90 Å². The third-order valence-corrected chi connectivity index (χ3v) is 4.55. The molecule has 0 aromatic heterocycles. The quantitative estimate of drug-likeness (QED) is 0.612. The van der Waals surface area contributed by atoms with Gasteiger partial charge in [0.05, 0.1) is 22.9 Å². The molecule has 1 aliphatic heterocycles. The lowest BCUT2D eigenvalue weighted by Gasteiger charge is -2.39. The molecule has 26 heavy (non-hydrogen) atoms. The molecule has 140 valence electrons. The fourth-order valence-corrected chi connectivity index (χ4v) is 3.35. The van der Waals surface area contributed by atoms with Gasteiger partial charge in [-0.25, -0.2) is 0 Å². The summed E-state index contributed by atoms with van der Waals surface area (Å²) in [4.78, 5) is 14.4. The maximum absolute atomic E-state index is 13.2. The second-order valence-corrected chi connectivity index (χ2v) is 6.65. The molecule has 1 aliphatic rings. The maximum atomic E-state index is 13.2. The van der Waals surface area contributed by atoms with Gasteiger partial charge in [0.1, 0.15) is 5.54 Å². The maximum Gasteiger partial charge on any atom is 0.417 e. The molecule has 0 bridgehead atoms. The number of anilines is 1. The van der Waals surface area contributed by atoms with Crippen LogP contribution in [0.25, 0.3) is 0 Å². The van der Waals surface area contributed by atoms with Crippen LogP contribution in [0.1, 0.15) is 38.3 Å². The number of nitrogens with zero attached hydrogens (tertiary/aromatic N) is 3. The van der Waals surface area contributed by atoms with Crippen molar-refractivity contribution < 1.29 is 28.2 Å².